The Bertz CT molecular complexity index is 557. The third-order valence-corrected chi connectivity index (χ3v) is 4.96. The fourth-order valence-electron chi connectivity index (χ4n) is 3.44. The minimum Gasteiger partial charge on any atom is -0.481 e. The molecule has 0 radical (unpaired) electrons. The summed E-state index contributed by atoms with van der Waals surface area (Å²) >= 11 is 0. The zero-order valence-electron chi connectivity index (χ0n) is 15.3. The monoisotopic (exact) mass is 364 g/mol. The van der Waals surface area contributed by atoms with Crippen LogP contribution < -0.4 is 15.4 Å². The van der Waals surface area contributed by atoms with Gasteiger partial charge in [-0.2, -0.15) is 0 Å². The van der Waals surface area contributed by atoms with Crippen molar-refractivity contribution in [2.45, 2.75) is 19.0 Å². The van der Waals surface area contributed by atoms with Gasteiger partial charge in [0.25, 0.3) is 0 Å². The minimum absolute atomic E-state index is 0.169. The Hall–Kier alpha value is -1.90. The van der Waals surface area contributed by atoms with Crippen LogP contribution in [-0.2, 0) is 16.0 Å². The SMILES string of the molecule is COc1ccc(CNC(=O)NCC(C2CCOC2)N2CCOCC2)cn1. The molecule has 0 aliphatic carbocycles. The summed E-state index contributed by atoms with van der Waals surface area (Å²) in [5, 5.41) is 5.90. The first kappa shape index (κ1) is 18.9. The Labute approximate surface area is 154 Å². The predicted octanol–water partition coefficient (Wildman–Crippen LogP) is 0.627. The second-order valence-electron chi connectivity index (χ2n) is 6.61. The standard InChI is InChI=1S/C18H28N4O4/c1-24-17-3-2-14(10-19-17)11-20-18(23)21-12-16(15-4-7-26-13-15)22-5-8-25-9-6-22/h2-3,10,15-16H,4-9,11-13H2,1H3,(H2,20,21,23). The molecule has 8 heteroatoms. The van der Waals surface area contributed by atoms with Gasteiger partial charge in [-0.25, -0.2) is 9.78 Å². The molecule has 2 aliphatic heterocycles. The largest absolute Gasteiger partial charge is 0.481 e. The maximum Gasteiger partial charge on any atom is 0.315 e. The number of aromatic nitrogens is 1. The molecule has 0 spiro atoms. The molecule has 0 saturated carbocycles. The lowest BCUT2D eigenvalue weighted by Gasteiger charge is -2.37. The number of morpholine rings is 1. The van der Waals surface area contributed by atoms with Gasteiger partial charge in [0.15, 0.2) is 0 Å². The Morgan fingerprint density at radius 2 is 2.15 bits per heavy atom. The number of amides is 2. The highest BCUT2D eigenvalue weighted by Crippen LogP contribution is 2.21. The average Bonchev–Trinajstić information content (AvgIpc) is 3.22. The number of ether oxygens (including phenoxy) is 3. The van der Waals surface area contributed by atoms with E-state index in [9.17, 15) is 4.79 Å². The van der Waals surface area contributed by atoms with E-state index in [0.717, 1.165) is 51.5 Å². The number of hydrogen-bond acceptors (Lipinski definition) is 6. The molecule has 2 atom stereocenters. The topological polar surface area (TPSA) is 85.0 Å². The highest BCUT2D eigenvalue weighted by Gasteiger charge is 2.31. The highest BCUT2D eigenvalue weighted by atomic mass is 16.5. The van der Waals surface area contributed by atoms with Crippen LogP contribution in [0, 0.1) is 5.92 Å². The molecule has 0 bridgehead atoms. The number of pyridine rings is 1. The smallest absolute Gasteiger partial charge is 0.315 e. The first-order chi connectivity index (χ1) is 12.8. The number of nitrogens with zero attached hydrogens (tertiary/aromatic N) is 2. The third-order valence-electron chi connectivity index (χ3n) is 4.96. The fraction of sp³-hybridized carbons (Fsp3) is 0.667. The third kappa shape index (κ3) is 5.30. The molecule has 1 aromatic heterocycles. The number of nitrogens with one attached hydrogen (secondary N) is 2. The van der Waals surface area contributed by atoms with Crippen LogP contribution in [0.4, 0.5) is 4.79 Å². The lowest BCUT2D eigenvalue weighted by molar-refractivity contribution is 0.00212. The number of carbonyl (C=O) groups excluding carboxylic acids is 1. The molecule has 144 valence electrons. The van der Waals surface area contributed by atoms with E-state index in [4.69, 9.17) is 14.2 Å². The Morgan fingerprint density at radius 3 is 2.81 bits per heavy atom. The second kappa shape index (κ2) is 9.70. The number of methoxy groups -OCH3 is 1. The van der Waals surface area contributed by atoms with E-state index in [-0.39, 0.29) is 12.1 Å². The zero-order chi connectivity index (χ0) is 18.2. The van der Waals surface area contributed by atoms with Crippen molar-refractivity contribution in [2.24, 2.45) is 5.92 Å². The molecule has 2 amide bonds. The molecule has 2 saturated heterocycles. The summed E-state index contributed by atoms with van der Waals surface area (Å²) in [5.41, 5.74) is 0.926. The van der Waals surface area contributed by atoms with Crippen LogP contribution in [0.15, 0.2) is 18.3 Å². The van der Waals surface area contributed by atoms with E-state index in [1.807, 2.05) is 6.07 Å². The van der Waals surface area contributed by atoms with Gasteiger partial charge in [0.2, 0.25) is 5.88 Å². The number of urea groups is 1. The molecule has 26 heavy (non-hydrogen) atoms. The summed E-state index contributed by atoms with van der Waals surface area (Å²) in [5.74, 6) is 1.02. The highest BCUT2D eigenvalue weighted by molar-refractivity contribution is 5.73. The van der Waals surface area contributed by atoms with E-state index < -0.39 is 0 Å². The quantitative estimate of drug-likeness (QED) is 0.738. The van der Waals surface area contributed by atoms with E-state index in [0.29, 0.717) is 24.9 Å². The number of rotatable bonds is 7. The van der Waals surface area contributed by atoms with Crippen molar-refractivity contribution in [2.75, 3.05) is 53.2 Å². The second-order valence-corrected chi connectivity index (χ2v) is 6.61. The maximum atomic E-state index is 12.2. The van der Waals surface area contributed by atoms with Crippen LogP contribution >= 0.6 is 0 Å². The first-order valence-electron chi connectivity index (χ1n) is 9.16. The molecule has 3 heterocycles. The van der Waals surface area contributed by atoms with Gasteiger partial charge in [-0.05, 0) is 12.0 Å². The minimum atomic E-state index is -0.169. The van der Waals surface area contributed by atoms with Gasteiger partial charge in [0.1, 0.15) is 0 Å². The molecule has 2 fully saturated rings. The van der Waals surface area contributed by atoms with Crippen LogP contribution in [0.2, 0.25) is 0 Å². The van der Waals surface area contributed by atoms with Crippen LogP contribution in [0.1, 0.15) is 12.0 Å². The van der Waals surface area contributed by atoms with Gasteiger partial charge in [-0.15, -0.1) is 0 Å². The molecule has 0 aromatic carbocycles. The van der Waals surface area contributed by atoms with Gasteiger partial charge in [0.05, 0.1) is 26.9 Å². The Kier molecular flexibility index (Phi) is 7.04. The van der Waals surface area contributed by atoms with Gasteiger partial charge in [-0.1, -0.05) is 6.07 Å². The lowest BCUT2D eigenvalue weighted by atomic mass is 9.97. The summed E-state index contributed by atoms with van der Waals surface area (Å²) in [6.45, 7) is 5.93. The van der Waals surface area contributed by atoms with E-state index in [2.05, 4.69) is 20.5 Å². The van der Waals surface area contributed by atoms with Crippen molar-refractivity contribution in [3.63, 3.8) is 0 Å². The zero-order valence-corrected chi connectivity index (χ0v) is 15.3. The van der Waals surface area contributed by atoms with Gasteiger partial charge in [0, 0.05) is 57.0 Å². The molecular weight excluding hydrogens is 336 g/mol. The van der Waals surface area contributed by atoms with Crippen molar-refractivity contribution in [1.82, 2.24) is 20.5 Å². The molecular formula is C18H28N4O4. The molecule has 2 aliphatic rings. The summed E-state index contributed by atoms with van der Waals surface area (Å²) < 4.78 is 16.0. The normalized spacial score (nSPS) is 22.0. The van der Waals surface area contributed by atoms with Crippen molar-refractivity contribution < 1.29 is 19.0 Å². The van der Waals surface area contributed by atoms with Crippen LogP contribution in [0.25, 0.3) is 0 Å². The van der Waals surface area contributed by atoms with E-state index in [1.165, 1.54) is 0 Å². The molecule has 2 N–H and O–H groups in total. The van der Waals surface area contributed by atoms with Gasteiger partial charge < -0.3 is 24.8 Å². The first-order valence-corrected chi connectivity index (χ1v) is 9.16. The van der Waals surface area contributed by atoms with Crippen molar-refractivity contribution >= 4 is 6.03 Å². The maximum absolute atomic E-state index is 12.2. The van der Waals surface area contributed by atoms with Crippen LogP contribution in [0.3, 0.4) is 0 Å². The predicted molar refractivity (Wildman–Crippen MR) is 96.1 cm³/mol. The molecule has 1 aromatic rings. The van der Waals surface area contributed by atoms with E-state index in [1.54, 1.807) is 19.4 Å². The molecule has 2 unspecified atom stereocenters. The van der Waals surface area contributed by atoms with E-state index >= 15 is 0 Å². The van der Waals surface area contributed by atoms with Crippen molar-refractivity contribution in [1.29, 1.82) is 0 Å². The lowest BCUT2D eigenvalue weighted by Crippen LogP contribution is -2.53. The molecule has 3 rings (SSSR count). The van der Waals surface area contributed by atoms with Crippen molar-refractivity contribution in [3.8, 4) is 5.88 Å². The van der Waals surface area contributed by atoms with Gasteiger partial charge in [-0.3, -0.25) is 4.90 Å². The summed E-state index contributed by atoms with van der Waals surface area (Å²) in [6, 6.07) is 3.79. The fourth-order valence-corrected chi connectivity index (χ4v) is 3.44. The number of hydrogen-bond donors (Lipinski definition) is 2. The molecule has 8 nitrogen and oxygen atoms in total. The van der Waals surface area contributed by atoms with Crippen LogP contribution in [0.5, 0.6) is 5.88 Å². The Morgan fingerprint density at radius 1 is 1.31 bits per heavy atom. The van der Waals surface area contributed by atoms with Crippen LogP contribution in [-0.4, -0.2) is 75.1 Å². The van der Waals surface area contributed by atoms with Gasteiger partial charge >= 0.3 is 6.03 Å². The Balaban J connectivity index is 1.46. The van der Waals surface area contributed by atoms with Crippen molar-refractivity contribution in [3.05, 3.63) is 23.9 Å². The average molecular weight is 364 g/mol. The summed E-state index contributed by atoms with van der Waals surface area (Å²) in [4.78, 5) is 18.7. The number of carbonyl (C=O) groups is 1. The summed E-state index contributed by atoms with van der Waals surface area (Å²) in [6.07, 6.45) is 2.74. The summed E-state index contributed by atoms with van der Waals surface area (Å²) in [7, 11) is 1.58.